The highest BCUT2D eigenvalue weighted by Crippen LogP contribution is 2.37. The van der Waals surface area contributed by atoms with Crippen LogP contribution in [0.2, 0.25) is 0 Å². The molecule has 29 heavy (non-hydrogen) atoms. The van der Waals surface area contributed by atoms with Gasteiger partial charge in [-0.15, -0.1) is 0 Å². The molecule has 0 N–H and O–H groups in total. The zero-order valence-corrected chi connectivity index (χ0v) is 16.6. The van der Waals surface area contributed by atoms with E-state index in [0.717, 1.165) is 44.0 Å². The molecule has 2 aliphatic heterocycles. The Labute approximate surface area is 167 Å². The summed E-state index contributed by atoms with van der Waals surface area (Å²) in [5, 5.41) is 3.76. The van der Waals surface area contributed by atoms with E-state index in [4.69, 9.17) is 4.98 Å². The van der Waals surface area contributed by atoms with Gasteiger partial charge in [0.15, 0.2) is 0 Å². The molecule has 4 heterocycles. The van der Waals surface area contributed by atoms with Crippen LogP contribution in [0.15, 0.2) is 6.20 Å². The van der Waals surface area contributed by atoms with Gasteiger partial charge in [0.25, 0.3) is 12.3 Å². The van der Waals surface area contributed by atoms with Crippen LogP contribution in [-0.2, 0) is 19.9 Å². The number of halogens is 2. The van der Waals surface area contributed by atoms with Gasteiger partial charge >= 0.3 is 0 Å². The first-order valence-corrected chi connectivity index (χ1v) is 10.1. The molecular weight excluding hydrogens is 378 g/mol. The molecule has 0 radical (unpaired) electrons. The first-order valence-electron chi connectivity index (χ1n) is 10.1. The summed E-state index contributed by atoms with van der Waals surface area (Å²) in [5.74, 6) is 2.19. The molecule has 3 aliphatic rings. The summed E-state index contributed by atoms with van der Waals surface area (Å²) in [6.07, 6.45) is 1.82. The second-order valence-electron chi connectivity index (χ2n) is 8.41. The molecule has 1 amide bonds. The number of aromatic nitrogens is 4. The average molecular weight is 402 g/mol. The molecule has 0 saturated carbocycles. The summed E-state index contributed by atoms with van der Waals surface area (Å²) in [6, 6.07) is 0. The molecule has 5 rings (SSSR count). The van der Waals surface area contributed by atoms with Gasteiger partial charge in [-0.3, -0.25) is 9.48 Å². The van der Waals surface area contributed by atoms with Crippen molar-refractivity contribution in [3.8, 4) is 0 Å². The number of hydrogen-bond donors (Lipinski definition) is 0. The maximum absolute atomic E-state index is 13.2. The summed E-state index contributed by atoms with van der Waals surface area (Å²) >= 11 is 0. The summed E-state index contributed by atoms with van der Waals surface area (Å²) in [4.78, 5) is 26.2. The summed E-state index contributed by atoms with van der Waals surface area (Å²) in [6.45, 7) is 4.79. The third-order valence-corrected chi connectivity index (χ3v) is 6.39. The van der Waals surface area contributed by atoms with Gasteiger partial charge in [0.2, 0.25) is 0 Å². The molecule has 2 aromatic heterocycles. The summed E-state index contributed by atoms with van der Waals surface area (Å²) < 4.78 is 27.8. The second-order valence-corrected chi connectivity index (χ2v) is 8.41. The highest BCUT2D eigenvalue weighted by atomic mass is 19.3. The molecule has 1 aliphatic carbocycles. The van der Waals surface area contributed by atoms with Crippen molar-refractivity contribution in [1.29, 1.82) is 0 Å². The van der Waals surface area contributed by atoms with Crippen LogP contribution < -0.4 is 4.90 Å². The number of fused-ring (bicyclic) bond motifs is 2. The van der Waals surface area contributed by atoms with E-state index in [1.165, 1.54) is 22.1 Å². The Morgan fingerprint density at radius 2 is 1.86 bits per heavy atom. The third kappa shape index (κ3) is 3.07. The van der Waals surface area contributed by atoms with Crippen LogP contribution in [0, 0.1) is 18.8 Å². The Balaban J connectivity index is 1.32. The number of hydrogen-bond acceptors (Lipinski definition) is 5. The van der Waals surface area contributed by atoms with Crippen LogP contribution >= 0.6 is 0 Å². The lowest BCUT2D eigenvalue weighted by Crippen LogP contribution is -2.34. The van der Waals surface area contributed by atoms with Gasteiger partial charge in [-0.25, -0.2) is 18.7 Å². The van der Waals surface area contributed by atoms with E-state index in [0.29, 0.717) is 24.9 Å². The van der Waals surface area contributed by atoms with Gasteiger partial charge in [0.05, 0.1) is 5.56 Å². The smallest absolute Gasteiger partial charge is 0.282 e. The van der Waals surface area contributed by atoms with Crippen molar-refractivity contribution in [1.82, 2.24) is 24.6 Å². The number of likely N-dealkylation sites (tertiary alicyclic amines) is 1. The number of carbonyl (C=O) groups is 1. The molecule has 154 valence electrons. The molecule has 2 aromatic rings. The Kier molecular flexibility index (Phi) is 4.29. The first kappa shape index (κ1) is 18.4. The highest BCUT2D eigenvalue weighted by Gasteiger charge is 2.43. The molecular formula is C20H24F2N6O. The first-order chi connectivity index (χ1) is 13.9. The van der Waals surface area contributed by atoms with Gasteiger partial charge in [0.1, 0.15) is 17.3 Å². The standard InChI is InChI=1S/C20H24F2N6O/c1-11-23-16-5-3-4-14(16)19(24-11)27-6-12-8-28(9-13(12)7-27)20(29)15-10-26(2)25-17(15)18(21)22/h10,12-13,18H,3-9H2,1-2H3. The Bertz CT molecular complexity index is 960. The van der Waals surface area contributed by atoms with Crippen LogP contribution in [0.3, 0.4) is 0 Å². The maximum Gasteiger partial charge on any atom is 0.282 e. The molecule has 0 bridgehead atoms. The minimum atomic E-state index is -2.75. The zero-order valence-electron chi connectivity index (χ0n) is 16.6. The van der Waals surface area contributed by atoms with E-state index < -0.39 is 12.1 Å². The minimum absolute atomic E-state index is 0.0172. The van der Waals surface area contributed by atoms with Crippen molar-refractivity contribution in [2.24, 2.45) is 18.9 Å². The number of nitrogens with zero attached hydrogens (tertiary/aromatic N) is 6. The normalized spacial score (nSPS) is 23.2. The Hall–Kier alpha value is -2.58. The molecule has 9 heteroatoms. The molecule has 2 saturated heterocycles. The topological polar surface area (TPSA) is 67.2 Å². The van der Waals surface area contributed by atoms with E-state index in [2.05, 4.69) is 15.0 Å². The molecule has 2 unspecified atom stereocenters. The predicted molar refractivity (Wildman–Crippen MR) is 102 cm³/mol. The van der Waals surface area contributed by atoms with Crippen molar-refractivity contribution >= 4 is 11.7 Å². The van der Waals surface area contributed by atoms with Crippen LogP contribution in [0.1, 0.15) is 46.0 Å². The Morgan fingerprint density at radius 1 is 1.14 bits per heavy atom. The largest absolute Gasteiger partial charge is 0.356 e. The second kappa shape index (κ2) is 6.74. The van der Waals surface area contributed by atoms with Crippen molar-refractivity contribution in [2.45, 2.75) is 32.6 Å². The summed E-state index contributed by atoms with van der Waals surface area (Å²) in [7, 11) is 1.56. The number of alkyl halides is 2. The molecule has 2 fully saturated rings. The van der Waals surface area contributed by atoms with Crippen molar-refractivity contribution in [3.63, 3.8) is 0 Å². The van der Waals surface area contributed by atoms with E-state index in [-0.39, 0.29) is 11.5 Å². The lowest BCUT2D eigenvalue weighted by Gasteiger charge is -2.24. The van der Waals surface area contributed by atoms with E-state index >= 15 is 0 Å². The van der Waals surface area contributed by atoms with Crippen molar-refractivity contribution in [3.05, 3.63) is 34.5 Å². The fourth-order valence-corrected chi connectivity index (χ4v) is 5.13. The third-order valence-electron chi connectivity index (χ3n) is 6.39. The fourth-order valence-electron chi connectivity index (χ4n) is 5.13. The number of rotatable bonds is 3. The van der Waals surface area contributed by atoms with Crippen molar-refractivity contribution < 1.29 is 13.6 Å². The van der Waals surface area contributed by atoms with Crippen molar-refractivity contribution in [2.75, 3.05) is 31.1 Å². The molecule has 0 spiro atoms. The molecule has 2 atom stereocenters. The lowest BCUT2D eigenvalue weighted by molar-refractivity contribution is 0.0769. The van der Waals surface area contributed by atoms with Gasteiger partial charge in [-0.1, -0.05) is 0 Å². The summed E-state index contributed by atoms with van der Waals surface area (Å²) in [5.41, 5.74) is 2.05. The van der Waals surface area contributed by atoms with E-state index in [1.54, 1.807) is 11.9 Å². The molecule has 0 aromatic carbocycles. The number of carbonyl (C=O) groups excluding carboxylic acids is 1. The van der Waals surface area contributed by atoms with E-state index in [9.17, 15) is 13.6 Å². The minimum Gasteiger partial charge on any atom is -0.356 e. The van der Waals surface area contributed by atoms with Gasteiger partial charge < -0.3 is 9.80 Å². The highest BCUT2D eigenvalue weighted by molar-refractivity contribution is 5.95. The van der Waals surface area contributed by atoms with Crippen LogP contribution in [-0.4, -0.2) is 56.7 Å². The number of aryl methyl sites for hydroxylation is 3. The van der Waals surface area contributed by atoms with Crippen LogP contribution in [0.5, 0.6) is 0 Å². The van der Waals surface area contributed by atoms with E-state index in [1.807, 2.05) is 6.92 Å². The Morgan fingerprint density at radius 3 is 2.55 bits per heavy atom. The SMILES string of the molecule is Cc1nc2c(c(N3CC4CN(C(=O)c5cn(C)nc5C(F)F)CC4C3)n1)CCC2. The zero-order chi connectivity index (χ0) is 20.3. The quantitative estimate of drug-likeness (QED) is 0.787. The maximum atomic E-state index is 13.2. The lowest BCUT2D eigenvalue weighted by atomic mass is 10.0. The monoisotopic (exact) mass is 402 g/mol. The van der Waals surface area contributed by atoms with Gasteiger partial charge in [-0.05, 0) is 26.2 Å². The fraction of sp³-hybridized carbons (Fsp3) is 0.600. The van der Waals surface area contributed by atoms with Gasteiger partial charge in [0, 0.05) is 62.5 Å². The number of amides is 1. The van der Waals surface area contributed by atoms with Crippen LogP contribution in [0.25, 0.3) is 0 Å². The number of anilines is 1. The average Bonchev–Trinajstić information content (AvgIpc) is 3.41. The van der Waals surface area contributed by atoms with Gasteiger partial charge in [-0.2, -0.15) is 5.10 Å². The molecule has 7 nitrogen and oxygen atoms in total. The van der Waals surface area contributed by atoms with Crippen LogP contribution in [0.4, 0.5) is 14.6 Å². The predicted octanol–water partition coefficient (Wildman–Crippen LogP) is 2.15.